The normalized spacial score (nSPS) is 12.6. The summed E-state index contributed by atoms with van der Waals surface area (Å²) in [6.45, 7) is 2.24. The summed E-state index contributed by atoms with van der Waals surface area (Å²) in [5.74, 6) is 0.107. The first-order valence-corrected chi connectivity index (χ1v) is 8.18. The number of carbonyl (C=O) groups is 1. The summed E-state index contributed by atoms with van der Waals surface area (Å²) in [7, 11) is 3.39. The average molecular weight is 382 g/mol. The molecule has 0 heterocycles. The molecular formula is C19H21F3N2O3. The molecule has 1 amide bonds. The highest BCUT2D eigenvalue weighted by molar-refractivity contribution is 5.94. The van der Waals surface area contributed by atoms with Crippen LogP contribution in [0.2, 0.25) is 0 Å². The molecule has 1 atom stereocenters. The predicted octanol–water partition coefficient (Wildman–Crippen LogP) is 4.05. The Kier molecular flexibility index (Phi) is 6.68. The number of alkyl halides is 3. The molecule has 0 fully saturated rings. The zero-order chi connectivity index (χ0) is 20.0. The number of nitrogens with zero attached hydrogens (tertiary/aromatic N) is 1. The summed E-state index contributed by atoms with van der Waals surface area (Å²) in [4.78, 5) is 14.3. The fraction of sp³-hybridized carbons (Fsp3) is 0.316. The molecule has 0 aliphatic carbocycles. The Hall–Kier alpha value is -2.74. The van der Waals surface area contributed by atoms with Gasteiger partial charge >= 0.3 is 6.36 Å². The van der Waals surface area contributed by atoms with Crippen LogP contribution in [0, 0.1) is 0 Å². The van der Waals surface area contributed by atoms with Crippen LogP contribution in [0.5, 0.6) is 11.5 Å². The van der Waals surface area contributed by atoms with E-state index in [1.807, 2.05) is 29.2 Å². The fourth-order valence-corrected chi connectivity index (χ4v) is 2.43. The lowest BCUT2D eigenvalue weighted by Crippen LogP contribution is -2.39. The van der Waals surface area contributed by atoms with Gasteiger partial charge in [0.2, 0.25) is 5.91 Å². The van der Waals surface area contributed by atoms with Crippen LogP contribution >= 0.6 is 0 Å². The molecule has 0 bridgehead atoms. The number of ether oxygens (including phenoxy) is 2. The highest BCUT2D eigenvalue weighted by atomic mass is 19.4. The van der Waals surface area contributed by atoms with Crippen molar-refractivity contribution < 1.29 is 27.4 Å². The molecule has 27 heavy (non-hydrogen) atoms. The molecule has 1 N–H and O–H groups in total. The number of amides is 1. The molecule has 0 aliphatic heterocycles. The predicted molar refractivity (Wildman–Crippen MR) is 95.7 cm³/mol. The Morgan fingerprint density at radius 2 is 1.78 bits per heavy atom. The monoisotopic (exact) mass is 382 g/mol. The number of likely N-dealkylation sites (N-methyl/N-ethyl adjacent to an activating group) is 1. The lowest BCUT2D eigenvalue weighted by molar-refractivity contribution is -0.274. The van der Waals surface area contributed by atoms with E-state index in [4.69, 9.17) is 4.74 Å². The second-order valence-electron chi connectivity index (χ2n) is 5.96. The second kappa shape index (κ2) is 8.77. The quantitative estimate of drug-likeness (QED) is 0.785. The molecule has 0 aliphatic rings. The molecule has 8 heteroatoms. The van der Waals surface area contributed by atoms with Crippen LogP contribution in [0.1, 0.15) is 12.5 Å². The molecule has 2 aromatic carbocycles. The van der Waals surface area contributed by atoms with Gasteiger partial charge in [0.1, 0.15) is 11.5 Å². The Bertz CT molecular complexity index is 764. The molecule has 0 aromatic heterocycles. The summed E-state index contributed by atoms with van der Waals surface area (Å²) in [5, 5.41) is 2.68. The van der Waals surface area contributed by atoms with E-state index < -0.39 is 12.4 Å². The van der Waals surface area contributed by atoms with Crippen LogP contribution in [0.25, 0.3) is 0 Å². The molecule has 5 nitrogen and oxygen atoms in total. The summed E-state index contributed by atoms with van der Waals surface area (Å²) < 4.78 is 45.6. The zero-order valence-electron chi connectivity index (χ0n) is 15.2. The van der Waals surface area contributed by atoms with Crippen molar-refractivity contribution >= 4 is 11.6 Å². The number of hydrogen-bond donors (Lipinski definition) is 1. The summed E-state index contributed by atoms with van der Waals surface area (Å²) in [6, 6.07) is 12.0. The number of benzene rings is 2. The number of nitrogens with one attached hydrogen (secondary N) is 1. The minimum atomic E-state index is -4.75. The minimum absolute atomic E-state index is 0.281. The first-order valence-electron chi connectivity index (χ1n) is 8.18. The average Bonchev–Trinajstić information content (AvgIpc) is 2.61. The molecule has 146 valence electrons. The van der Waals surface area contributed by atoms with E-state index in [1.54, 1.807) is 21.1 Å². The van der Waals surface area contributed by atoms with Crippen molar-refractivity contribution in [3.63, 3.8) is 0 Å². The zero-order valence-corrected chi connectivity index (χ0v) is 15.2. The van der Waals surface area contributed by atoms with Gasteiger partial charge in [-0.25, -0.2) is 0 Å². The smallest absolute Gasteiger partial charge is 0.496 e. The van der Waals surface area contributed by atoms with Gasteiger partial charge in [0.15, 0.2) is 0 Å². The number of hydrogen-bond acceptors (Lipinski definition) is 4. The van der Waals surface area contributed by atoms with Gasteiger partial charge in [-0.1, -0.05) is 18.2 Å². The van der Waals surface area contributed by atoms with E-state index >= 15 is 0 Å². The van der Waals surface area contributed by atoms with E-state index in [1.165, 1.54) is 12.1 Å². The lowest BCUT2D eigenvalue weighted by atomic mass is 10.1. The van der Waals surface area contributed by atoms with Crippen molar-refractivity contribution in [3.05, 3.63) is 54.1 Å². The van der Waals surface area contributed by atoms with E-state index in [0.29, 0.717) is 12.2 Å². The first-order chi connectivity index (χ1) is 12.7. The van der Waals surface area contributed by atoms with Crippen molar-refractivity contribution in [2.75, 3.05) is 19.5 Å². The van der Waals surface area contributed by atoms with Crippen molar-refractivity contribution in [1.29, 1.82) is 0 Å². The highest BCUT2D eigenvalue weighted by Gasteiger charge is 2.31. The van der Waals surface area contributed by atoms with Crippen LogP contribution in [0.15, 0.2) is 48.5 Å². The highest BCUT2D eigenvalue weighted by Crippen LogP contribution is 2.24. The fourth-order valence-electron chi connectivity index (χ4n) is 2.43. The van der Waals surface area contributed by atoms with Gasteiger partial charge in [-0.05, 0) is 44.3 Å². The van der Waals surface area contributed by atoms with Crippen molar-refractivity contribution in [2.45, 2.75) is 25.9 Å². The topological polar surface area (TPSA) is 50.8 Å². The maximum atomic E-state index is 12.4. The van der Waals surface area contributed by atoms with Gasteiger partial charge < -0.3 is 14.8 Å². The molecule has 1 unspecified atom stereocenters. The summed E-state index contributed by atoms with van der Waals surface area (Å²) >= 11 is 0. The van der Waals surface area contributed by atoms with E-state index in [2.05, 4.69) is 10.1 Å². The number of rotatable bonds is 7. The van der Waals surface area contributed by atoms with Crippen molar-refractivity contribution in [1.82, 2.24) is 4.90 Å². The van der Waals surface area contributed by atoms with Gasteiger partial charge in [0, 0.05) is 17.8 Å². The molecule has 0 spiro atoms. The molecule has 0 saturated heterocycles. The maximum absolute atomic E-state index is 12.4. The van der Waals surface area contributed by atoms with Gasteiger partial charge in [-0.3, -0.25) is 9.69 Å². The standard InChI is InChI=1S/C19H21F3N2O3/c1-13(24(2)12-14-6-4-5-7-17(14)26-3)18(25)23-15-8-10-16(11-9-15)27-19(20,21)22/h4-11,13H,12H2,1-3H3,(H,23,25). The van der Waals surface area contributed by atoms with Crippen LogP contribution in [0.4, 0.5) is 18.9 Å². The number of anilines is 1. The van der Waals surface area contributed by atoms with Crippen LogP contribution in [0.3, 0.4) is 0 Å². The largest absolute Gasteiger partial charge is 0.573 e. The van der Waals surface area contributed by atoms with Gasteiger partial charge in [0.05, 0.1) is 13.2 Å². The van der Waals surface area contributed by atoms with Gasteiger partial charge in [-0.2, -0.15) is 0 Å². The maximum Gasteiger partial charge on any atom is 0.573 e. The molecule has 0 saturated carbocycles. The third-order valence-electron chi connectivity index (χ3n) is 4.01. The third kappa shape index (κ3) is 6.18. The number of carbonyl (C=O) groups excluding carboxylic acids is 1. The Balaban J connectivity index is 1.96. The molecule has 2 rings (SSSR count). The Morgan fingerprint density at radius 1 is 1.15 bits per heavy atom. The summed E-state index contributed by atoms with van der Waals surface area (Å²) in [6.07, 6.45) is -4.75. The van der Waals surface area contributed by atoms with Crippen LogP contribution in [-0.2, 0) is 11.3 Å². The molecule has 0 radical (unpaired) electrons. The van der Waals surface area contributed by atoms with Gasteiger partial charge in [-0.15, -0.1) is 13.2 Å². The van der Waals surface area contributed by atoms with E-state index in [0.717, 1.165) is 23.4 Å². The number of methoxy groups -OCH3 is 1. The van der Waals surface area contributed by atoms with Gasteiger partial charge in [0.25, 0.3) is 0 Å². The van der Waals surface area contributed by atoms with E-state index in [9.17, 15) is 18.0 Å². The Labute approximate surface area is 155 Å². The molecular weight excluding hydrogens is 361 g/mol. The van der Waals surface area contributed by atoms with Crippen LogP contribution in [-0.4, -0.2) is 37.4 Å². The molecule has 2 aromatic rings. The van der Waals surface area contributed by atoms with Crippen LogP contribution < -0.4 is 14.8 Å². The van der Waals surface area contributed by atoms with Crippen molar-refractivity contribution in [3.8, 4) is 11.5 Å². The first kappa shape index (κ1) is 20.6. The SMILES string of the molecule is COc1ccccc1CN(C)C(C)C(=O)Nc1ccc(OC(F)(F)F)cc1. The minimum Gasteiger partial charge on any atom is -0.496 e. The van der Waals surface area contributed by atoms with E-state index in [-0.39, 0.29) is 11.7 Å². The Morgan fingerprint density at radius 3 is 2.37 bits per heavy atom. The summed E-state index contributed by atoms with van der Waals surface area (Å²) in [5.41, 5.74) is 1.32. The third-order valence-corrected chi connectivity index (χ3v) is 4.01. The number of para-hydroxylation sites is 1. The second-order valence-corrected chi connectivity index (χ2v) is 5.96. The van der Waals surface area contributed by atoms with Crippen molar-refractivity contribution in [2.24, 2.45) is 0 Å². The number of halogens is 3. The lowest BCUT2D eigenvalue weighted by Gasteiger charge is -2.24.